The molecule has 2 aliphatic rings. The van der Waals surface area contributed by atoms with E-state index in [2.05, 4.69) is 30.0 Å². The van der Waals surface area contributed by atoms with E-state index < -0.39 is 42.0 Å². The number of carbonyl (C=O) groups excluding carboxylic acids is 2. The number of alkyl halides is 3. The molecule has 2 saturated heterocycles. The SMILES string of the molecule is COC(=O)N[C@@H](C)C(=O)N1CCC[C@H]1c1nc(C(F)(F)F)c(-c2ccc(-c3ccc(-c4c[nH]c([C@@H]5CCCN5C(=O)O)n4)cc3)cc2)[nH]1. The smallest absolute Gasteiger partial charge is 0.435 e. The Balaban J connectivity index is 1.20. The van der Waals surface area contributed by atoms with E-state index in [0.29, 0.717) is 43.9 Å². The van der Waals surface area contributed by atoms with Crippen LogP contribution in [-0.2, 0) is 15.7 Å². The van der Waals surface area contributed by atoms with Gasteiger partial charge in [-0.05, 0) is 43.7 Å². The van der Waals surface area contributed by atoms with Crippen LogP contribution in [0.5, 0.6) is 0 Å². The molecule has 48 heavy (non-hydrogen) atoms. The number of amides is 3. The van der Waals surface area contributed by atoms with Gasteiger partial charge in [-0.25, -0.2) is 19.6 Å². The molecule has 15 heteroatoms. The highest BCUT2D eigenvalue weighted by Crippen LogP contribution is 2.40. The third kappa shape index (κ3) is 6.44. The van der Waals surface area contributed by atoms with Crippen LogP contribution in [0.3, 0.4) is 0 Å². The molecule has 0 radical (unpaired) electrons. The van der Waals surface area contributed by atoms with Crippen molar-refractivity contribution in [3.63, 3.8) is 0 Å². The minimum atomic E-state index is -4.75. The molecule has 3 atom stereocenters. The molecule has 0 unspecified atom stereocenters. The van der Waals surface area contributed by atoms with Crippen molar-refractivity contribution >= 4 is 18.1 Å². The number of carboxylic acid groups (broad SMARTS) is 1. The van der Waals surface area contributed by atoms with E-state index in [4.69, 9.17) is 0 Å². The highest BCUT2D eigenvalue weighted by molar-refractivity contribution is 5.85. The normalized spacial score (nSPS) is 18.6. The van der Waals surface area contributed by atoms with Gasteiger partial charge in [-0.3, -0.25) is 9.69 Å². The lowest BCUT2D eigenvalue weighted by Gasteiger charge is -2.26. The predicted octanol–water partition coefficient (Wildman–Crippen LogP) is 6.38. The first-order chi connectivity index (χ1) is 22.9. The second kappa shape index (κ2) is 13.0. The van der Waals surface area contributed by atoms with Crippen molar-refractivity contribution in [1.29, 1.82) is 0 Å². The summed E-state index contributed by atoms with van der Waals surface area (Å²) in [5.41, 5.74) is 2.14. The molecule has 0 spiro atoms. The third-order valence-corrected chi connectivity index (χ3v) is 8.83. The molecule has 0 bridgehead atoms. The fourth-order valence-electron chi connectivity index (χ4n) is 6.42. The van der Waals surface area contributed by atoms with Gasteiger partial charge in [-0.2, -0.15) is 13.2 Å². The second-order valence-electron chi connectivity index (χ2n) is 11.9. The maximum absolute atomic E-state index is 14.2. The Morgan fingerprint density at radius 1 is 0.896 bits per heavy atom. The van der Waals surface area contributed by atoms with Gasteiger partial charge in [0.15, 0.2) is 5.69 Å². The molecule has 3 amide bonds. The fourth-order valence-corrected chi connectivity index (χ4v) is 6.42. The Bertz CT molecular complexity index is 1800. The molecule has 0 aliphatic carbocycles. The molecule has 2 fully saturated rings. The van der Waals surface area contributed by atoms with Crippen LogP contribution in [0.15, 0.2) is 54.7 Å². The van der Waals surface area contributed by atoms with Crippen molar-refractivity contribution in [2.45, 2.75) is 56.9 Å². The van der Waals surface area contributed by atoms with Crippen molar-refractivity contribution in [2.75, 3.05) is 20.2 Å². The van der Waals surface area contributed by atoms with Crippen molar-refractivity contribution in [3.05, 3.63) is 72.1 Å². The highest BCUT2D eigenvalue weighted by Gasteiger charge is 2.41. The van der Waals surface area contributed by atoms with Crippen LogP contribution >= 0.6 is 0 Å². The van der Waals surface area contributed by atoms with Gasteiger partial charge in [0.2, 0.25) is 5.91 Å². The number of alkyl carbamates (subject to hydrolysis) is 1. The molecular formula is C33H34F3N7O5. The van der Waals surface area contributed by atoms with E-state index in [1.54, 1.807) is 30.5 Å². The van der Waals surface area contributed by atoms with Crippen LogP contribution in [0, 0.1) is 0 Å². The molecule has 4 N–H and O–H groups in total. The molecule has 2 aromatic heterocycles. The summed E-state index contributed by atoms with van der Waals surface area (Å²) < 4.78 is 47.2. The molecule has 4 aromatic rings. The summed E-state index contributed by atoms with van der Waals surface area (Å²) >= 11 is 0. The Morgan fingerprint density at radius 2 is 1.46 bits per heavy atom. The number of imidazole rings is 2. The average Bonchev–Trinajstić information content (AvgIpc) is 3.89. The number of carbonyl (C=O) groups is 3. The quantitative estimate of drug-likeness (QED) is 0.179. The van der Waals surface area contributed by atoms with Gasteiger partial charge in [-0.15, -0.1) is 0 Å². The van der Waals surface area contributed by atoms with E-state index in [0.717, 1.165) is 23.1 Å². The molecular weight excluding hydrogens is 631 g/mol. The third-order valence-electron chi connectivity index (χ3n) is 8.83. The maximum Gasteiger partial charge on any atom is 0.435 e. The lowest BCUT2D eigenvalue weighted by molar-refractivity contribution is -0.140. The largest absolute Gasteiger partial charge is 0.465 e. The van der Waals surface area contributed by atoms with Gasteiger partial charge >= 0.3 is 18.4 Å². The molecule has 4 heterocycles. The predicted molar refractivity (Wildman–Crippen MR) is 167 cm³/mol. The first-order valence-electron chi connectivity index (χ1n) is 15.5. The van der Waals surface area contributed by atoms with Crippen LogP contribution in [0.2, 0.25) is 0 Å². The summed E-state index contributed by atoms with van der Waals surface area (Å²) in [6, 6.07) is 12.2. The maximum atomic E-state index is 14.2. The second-order valence-corrected chi connectivity index (χ2v) is 11.9. The molecule has 6 rings (SSSR count). The number of ether oxygens (including phenoxy) is 1. The molecule has 0 saturated carbocycles. The van der Waals surface area contributed by atoms with Gasteiger partial charge in [0.1, 0.15) is 17.7 Å². The van der Waals surface area contributed by atoms with E-state index in [-0.39, 0.29) is 23.1 Å². The zero-order valence-corrected chi connectivity index (χ0v) is 26.2. The highest BCUT2D eigenvalue weighted by atomic mass is 19.4. The zero-order chi connectivity index (χ0) is 34.2. The van der Waals surface area contributed by atoms with Crippen molar-refractivity contribution in [1.82, 2.24) is 35.1 Å². The van der Waals surface area contributed by atoms with Crippen LogP contribution < -0.4 is 5.32 Å². The van der Waals surface area contributed by atoms with Gasteiger partial charge in [0, 0.05) is 30.4 Å². The number of hydrogen-bond donors (Lipinski definition) is 4. The topological polar surface area (TPSA) is 157 Å². The number of hydrogen-bond acceptors (Lipinski definition) is 6. The number of rotatable bonds is 7. The zero-order valence-electron chi connectivity index (χ0n) is 26.2. The Kier molecular flexibility index (Phi) is 8.86. The number of halogens is 3. The van der Waals surface area contributed by atoms with Crippen molar-refractivity contribution < 1.29 is 37.4 Å². The van der Waals surface area contributed by atoms with Crippen LogP contribution in [0.4, 0.5) is 22.8 Å². The first-order valence-corrected chi connectivity index (χ1v) is 15.5. The summed E-state index contributed by atoms with van der Waals surface area (Å²) in [4.78, 5) is 53.6. The minimum absolute atomic E-state index is 0.0261. The number of likely N-dealkylation sites (tertiary alicyclic amines) is 2. The monoisotopic (exact) mass is 665 g/mol. The van der Waals surface area contributed by atoms with E-state index in [1.165, 1.54) is 23.8 Å². The van der Waals surface area contributed by atoms with Crippen molar-refractivity contribution in [3.8, 4) is 33.6 Å². The number of aromatic amines is 2. The Labute approximate surface area is 273 Å². The number of aromatic nitrogens is 4. The lowest BCUT2D eigenvalue weighted by Crippen LogP contribution is -2.46. The fraction of sp³-hybridized carbons (Fsp3) is 0.364. The summed E-state index contributed by atoms with van der Waals surface area (Å²) in [7, 11) is 1.17. The van der Waals surface area contributed by atoms with Crippen LogP contribution in [-0.4, -0.2) is 79.2 Å². The van der Waals surface area contributed by atoms with E-state index >= 15 is 0 Å². The summed E-state index contributed by atoms with van der Waals surface area (Å²) in [5.74, 6) is 0.177. The number of benzene rings is 2. The van der Waals surface area contributed by atoms with E-state index in [9.17, 15) is 32.7 Å². The number of methoxy groups -OCH3 is 1. The average molecular weight is 666 g/mol. The first kappa shape index (κ1) is 32.6. The number of nitrogens with one attached hydrogen (secondary N) is 3. The molecule has 2 aliphatic heterocycles. The van der Waals surface area contributed by atoms with Gasteiger partial charge in [-0.1, -0.05) is 48.5 Å². The van der Waals surface area contributed by atoms with Gasteiger partial charge in [0.05, 0.1) is 30.6 Å². The standard InChI is InChI=1S/C33H34F3N7O5/c1-18(38-31(45)48-2)30(44)42-15-3-6-25(42)29-40-26(27(41-29)33(34,35)36)22-13-9-20(10-14-22)19-7-11-21(12-8-19)23-17-37-28(39-23)24-5-4-16-43(24)32(46)47/h7-14,17-18,24-25H,3-6,15-16H2,1-2H3,(H,37,39)(H,38,45)(H,40,41)(H,46,47)/t18-,24-,25-/m0/s1. The van der Waals surface area contributed by atoms with Crippen LogP contribution in [0.25, 0.3) is 33.6 Å². The number of nitrogens with zero attached hydrogens (tertiary/aromatic N) is 4. The summed E-state index contributed by atoms with van der Waals surface area (Å²) in [6.07, 6.45) is -2.30. The minimum Gasteiger partial charge on any atom is -0.465 e. The molecule has 252 valence electrons. The lowest BCUT2D eigenvalue weighted by atomic mass is 10.0. The van der Waals surface area contributed by atoms with Gasteiger partial charge < -0.3 is 30.0 Å². The number of H-pyrrole nitrogens is 2. The molecule has 2 aromatic carbocycles. The van der Waals surface area contributed by atoms with Gasteiger partial charge in [0.25, 0.3) is 0 Å². The van der Waals surface area contributed by atoms with E-state index in [1.807, 2.05) is 24.3 Å². The van der Waals surface area contributed by atoms with Crippen molar-refractivity contribution in [2.24, 2.45) is 0 Å². The summed E-state index contributed by atoms with van der Waals surface area (Å²) in [5, 5.41) is 11.9. The Morgan fingerprint density at radius 3 is 2.04 bits per heavy atom. The van der Waals surface area contributed by atoms with Crippen LogP contribution in [0.1, 0.15) is 62.0 Å². The summed E-state index contributed by atoms with van der Waals surface area (Å²) in [6.45, 7) is 2.27. The Hall–Kier alpha value is -5.34. The molecule has 12 nitrogen and oxygen atoms in total.